The fourth-order valence-electron chi connectivity index (χ4n) is 2.10. The predicted molar refractivity (Wildman–Crippen MR) is 59.5 cm³/mol. The molecule has 1 aromatic rings. The summed E-state index contributed by atoms with van der Waals surface area (Å²) in [5.74, 6) is -0.0584. The largest absolute Gasteiger partial charge is 0.465 e. The SMILES string of the molecule is COC(=O)c1cccn(C2CC[C@H]2C)c1=O. The number of carbonyl (C=O) groups excluding carboxylic acids is 1. The molecule has 1 aliphatic rings. The maximum Gasteiger partial charge on any atom is 0.343 e. The van der Waals surface area contributed by atoms with Gasteiger partial charge in [0.15, 0.2) is 0 Å². The molecule has 1 aromatic heterocycles. The zero-order valence-corrected chi connectivity index (χ0v) is 9.47. The van der Waals surface area contributed by atoms with E-state index in [9.17, 15) is 9.59 Å². The molecule has 1 unspecified atom stereocenters. The van der Waals surface area contributed by atoms with E-state index in [2.05, 4.69) is 11.7 Å². The van der Waals surface area contributed by atoms with E-state index in [0.717, 1.165) is 12.8 Å². The van der Waals surface area contributed by atoms with Crippen LogP contribution in [0.5, 0.6) is 0 Å². The third kappa shape index (κ3) is 1.64. The number of carbonyl (C=O) groups is 1. The van der Waals surface area contributed by atoms with Gasteiger partial charge in [-0.05, 0) is 30.9 Å². The van der Waals surface area contributed by atoms with Crippen LogP contribution in [-0.2, 0) is 4.74 Å². The van der Waals surface area contributed by atoms with E-state index in [1.807, 2.05) is 0 Å². The van der Waals surface area contributed by atoms with Gasteiger partial charge in [-0.25, -0.2) is 4.79 Å². The first-order valence-corrected chi connectivity index (χ1v) is 5.44. The molecule has 0 spiro atoms. The number of ether oxygens (including phenoxy) is 1. The lowest BCUT2D eigenvalue weighted by Gasteiger charge is -2.35. The second kappa shape index (κ2) is 4.12. The summed E-state index contributed by atoms with van der Waals surface area (Å²) < 4.78 is 6.23. The Kier molecular flexibility index (Phi) is 2.81. The topological polar surface area (TPSA) is 48.3 Å². The smallest absolute Gasteiger partial charge is 0.343 e. The number of nitrogens with zero attached hydrogens (tertiary/aromatic N) is 1. The summed E-state index contributed by atoms with van der Waals surface area (Å²) in [7, 11) is 1.28. The van der Waals surface area contributed by atoms with Crippen molar-refractivity contribution in [1.82, 2.24) is 4.57 Å². The third-order valence-electron chi connectivity index (χ3n) is 3.31. The molecular formula is C12H15NO3. The molecule has 4 heteroatoms. The van der Waals surface area contributed by atoms with Crippen LogP contribution >= 0.6 is 0 Å². The normalized spacial score (nSPS) is 23.6. The van der Waals surface area contributed by atoms with E-state index in [1.165, 1.54) is 13.2 Å². The van der Waals surface area contributed by atoms with Gasteiger partial charge < -0.3 is 9.30 Å². The van der Waals surface area contributed by atoms with Gasteiger partial charge in [-0.15, -0.1) is 0 Å². The minimum absolute atomic E-state index is 0.115. The molecule has 0 amide bonds. The van der Waals surface area contributed by atoms with Crippen LogP contribution in [0.4, 0.5) is 0 Å². The Morgan fingerprint density at radius 1 is 1.50 bits per heavy atom. The van der Waals surface area contributed by atoms with Crippen LogP contribution in [0, 0.1) is 5.92 Å². The quantitative estimate of drug-likeness (QED) is 0.713. The molecule has 0 aliphatic heterocycles. The van der Waals surface area contributed by atoms with Gasteiger partial charge in [0.05, 0.1) is 7.11 Å². The molecule has 0 aromatic carbocycles. The van der Waals surface area contributed by atoms with Crippen LogP contribution in [0.2, 0.25) is 0 Å². The predicted octanol–water partition coefficient (Wildman–Crippen LogP) is 1.61. The van der Waals surface area contributed by atoms with E-state index in [0.29, 0.717) is 5.92 Å². The highest BCUT2D eigenvalue weighted by atomic mass is 16.5. The summed E-state index contributed by atoms with van der Waals surface area (Å²) in [4.78, 5) is 23.4. The first-order valence-electron chi connectivity index (χ1n) is 5.44. The third-order valence-corrected chi connectivity index (χ3v) is 3.31. The molecule has 0 saturated heterocycles. The molecule has 1 heterocycles. The highest BCUT2D eigenvalue weighted by Gasteiger charge is 2.29. The number of hydrogen-bond donors (Lipinski definition) is 0. The maximum atomic E-state index is 12.0. The Hall–Kier alpha value is -1.58. The van der Waals surface area contributed by atoms with Gasteiger partial charge in [0.25, 0.3) is 5.56 Å². The second-order valence-electron chi connectivity index (χ2n) is 4.25. The summed E-state index contributed by atoms with van der Waals surface area (Å²) in [5, 5.41) is 0. The zero-order valence-electron chi connectivity index (χ0n) is 9.47. The van der Waals surface area contributed by atoms with Crippen molar-refractivity contribution in [3.63, 3.8) is 0 Å². The van der Waals surface area contributed by atoms with Crippen LogP contribution in [-0.4, -0.2) is 17.6 Å². The molecule has 2 atom stereocenters. The first-order chi connectivity index (χ1) is 7.65. The summed E-state index contributed by atoms with van der Waals surface area (Å²) >= 11 is 0. The van der Waals surface area contributed by atoms with E-state index in [-0.39, 0.29) is 17.2 Å². The lowest BCUT2D eigenvalue weighted by molar-refractivity contribution is 0.0596. The minimum Gasteiger partial charge on any atom is -0.465 e. The van der Waals surface area contributed by atoms with Crippen LogP contribution in [0.3, 0.4) is 0 Å². The van der Waals surface area contributed by atoms with Crippen molar-refractivity contribution in [2.24, 2.45) is 5.92 Å². The molecule has 86 valence electrons. The van der Waals surface area contributed by atoms with E-state index in [1.54, 1.807) is 16.8 Å². The molecule has 1 saturated carbocycles. The van der Waals surface area contributed by atoms with Crippen molar-refractivity contribution < 1.29 is 9.53 Å². The van der Waals surface area contributed by atoms with Crippen LogP contribution < -0.4 is 5.56 Å². The van der Waals surface area contributed by atoms with Gasteiger partial charge in [0.1, 0.15) is 5.56 Å². The van der Waals surface area contributed by atoms with Gasteiger partial charge in [0.2, 0.25) is 0 Å². The molecule has 0 radical (unpaired) electrons. The molecule has 0 bridgehead atoms. The lowest BCUT2D eigenvalue weighted by Crippen LogP contribution is -2.36. The lowest BCUT2D eigenvalue weighted by atomic mass is 9.81. The number of aromatic nitrogens is 1. The summed E-state index contributed by atoms with van der Waals surface area (Å²) in [6, 6.07) is 3.46. The van der Waals surface area contributed by atoms with E-state index in [4.69, 9.17) is 0 Å². The molecule has 0 N–H and O–H groups in total. The van der Waals surface area contributed by atoms with Crippen LogP contribution in [0.25, 0.3) is 0 Å². The number of hydrogen-bond acceptors (Lipinski definition) is 3. The van der Waals surface area contributed by atoms with Gasteiger partial charge in [-0.1, -0.05) is 6.92 Å². The Labute approximate surface area is 93.8 Å². The van der Waals surface area contributed by atoms with Crippen molar-refractivity contribution in [2.45, 2.75) is 25.8 Å². The number of rotatable bonds is 2. The van der Waals surface area contributed by atoms with Gasteiger partial charge in [0, 0.05) is 12.2 Å². The Morgan fingerprint density at radius 3 is 2.75 bits per heavy atom. The Morgan fingerprint density at radius 2 is 2.25 bits per heavy atom. The molecular weight excluding hydrogens is 206 g/mol. The molecule has 16 heavy (non-hydrogen) atoms. The van der Waals surface area contributed by atoms with Crippen molar-refractivity contribution in [1.29, 1.82) is 0 Å². The summed E-state index contributed by atoms with van der Waals surface area (Å²) in [6.07, 6.45) is 3.89. The first kappa shape index (κ1) is 10.9. The summed E-state index contributed by atoms with van der Waals surface area (Å²) in [5.41, 5.74) is -0.130. The molecule has 4 nitrogen and oxygen atoms in total. The van der Waals surface area contributed by atoms with Gasteiger partial charge in [-0.3, -0.25) is 4.79 Å². The van der Waals surface area contributed by atoms with Crippen molar-refractivity contribution in [2.75, 3.05) is 7.11 Å². The number of esters is 1. The number of pyridine rings is 1. The second-order valence-corrected chi connectivity index (χ2v) is 4.25. The average Bonchev–Trinajstić information content (AvgIpc) is 2.29. The van der Waals surface area contributed by atoms with Crippen LogP contribution in [0.1, 0.15) is 36.2 Å². The Balaban J connectivity index is 2.41. The van der Waals surface area contributed by atoms with Gasteiger partial charge >= 0.3 is 5.97 Å². The average molecular weight is 221 g/mol. The minimum atomic E-state index is -0.564. The monoisotopic (exact) mass is 221 g/mol. The molecule has 2 rings (SSSR count). The molecule has 1 fully saturated rings. The molecule has 1 aliphatic carbocycles. The standard InChI is InChI=1S/C12H15NO3/c1-8-5-6-10(8)13-7-3-4-9(11(13)14)12(15)16-2/h3-4,7-8,10H,5-6H2,1-2H3/t8-,10?/m1/s1. The maximum absolute atomic E-state index is 12.0. The Bertz CT molecular complexity index is 464. The van der Waals surface area contributed by atoms with Crippen molar-refractivity contribution >= 4 is 5.97 Å². The highest BCUT2D eigenvalue weighted by Crippen LogP contribution is 2.36. The summed E-state index contributed by atoms with van der Waals surface area (Å²) in [6.45, 7) is 2.12. The fraction of sp³-hybridized carbons (Fsp3) is 0.500. The highest BCUT2D eigenvalue weighted by molar-refractivity contribution is 5.88. The van der Waals surface area contributed by atoms with Crippen molar-refractivity contribution in [3.8, 4) is 0 Å². The van der Waals surface area contributed by atoms with Crippen LogP contribution in [0.15, 0.2) is 23.1 Å². The van der Waals surface area contributed by atoms with Gasteiger partial charge in [-0.2, -0.15) is 0 Å². The van der Waals surface area contributed by atoms with Crippen molar-refractivity contribution in [3.05, 3.63) is 34.2 Å². The fourth-order valence-corrected chi connectivity index (χ4v) is 2.10. The zero-order chi connectivity index (χ0) is 11.7. The van der Waals surface area contributed by atoms with E-state index >= 15 is 0 Å². The number of methoxy groups -OCH3 is 1. The van der Waals surface area contributed by atoms with E-state index < -0.39 is 5.97 Å².